The molecule has 2 atom stereocenters. The molecule has 3 rings (SSSR count). The Morgan fingerprint density at radius 2 is 1.73 bits per heavy atom. The maximum Gasteiger partial charge on any atom is 0.274 e. The van der Waals surface area contributed by atoms with Crippen LogP contribution in [-0.4, -0.2) is 29.8 Å². The lowest BCUT2D eigenvalue weighted by atomic mass is 9.81. The van der Waals surface area contributed by atoms with Crippen LogP contribution in [0.5, 0.6) is 5.75 Å². The second kappa shape index (κ2) is 5.79. The van der Waals surface area contributed by atoms with Gasteiger partial charge in [0.1, 0.15) is 5.75 Å². The Bertz CT molecular complexity index is 604. The summed E-state index contributed by atoms with van der Waals surface area (Å²) >= 11 is 0. The molecule has 0 radical (unpaired) electrons. The van der Waals surface area contributed by atoms with Gasteiger partial charge < -0.3 is 4.74 Å². The second-order valence-corrected chi connectivity index (χ2v) is 5.65. The molecule has 1 aromatic rings. The minimum absolute atomic E-state index is 0.279. The van der Waals surface area contributed by atoms with Gasteiger partial charge in [-0.3, -0.25) is 19.8 Å². The molecular weight excluding hydrogens is 284 g/mol. The molecule has 6 nitrogen and oxygen atoms in total. The average molecular weight is 302 g/mol. The first kappa shape index (κ1) is 14.6. The third-order valence-corrected chi connectivity index (χ3v) is 4.41. The van der Waals surface area contributed by atoms with Gasteiger partial charge in [-0.2, -0.15) is 5.01 Å². The van der Waals surface area contributed by atoms with Crippen molar-refractivity contribution >= 4 is 17.7 Å². The fraction of sp³-hybridized carbons (Fsp3) is 0.438. The number of fused-ring (bicyclic) bond motifs is 1. The van der Waals surface area contributed by atoms with E-state index in [4.69, 9.17) is 4.74 Å². The Morgan fingerprint density at radius 1 is 1.14 bits per heavy atom. The molecule has 2 fully saturated rings. The molecule has 0 spiro atoms. The van der Waals surface area contributed by atoms with Crippen molar-refractivity contribution in [1.82, 2.24) is 10.4 Å². The Kier molecular flexibility index (Phi) is 3.83. The zero-order valence-electron chi connectivity index (χ0n) is 12.4. The zero-order valence-corrected chi connectivity index (χ0v) is 12.4. The summed E-state index contributed by atoms with van der Waals surface area (Å²) in [6.07, 6.45) is 3.34. The van der Waals surface area contributed by atoms with Crippen molar-refractivity contribution in [2.24, 2.45) is 11.8 Å². The first-order valence-electron chi connectivity index (χ1n) is 7.45. The summed E-state index contributed by atoms with van der Waals surface area (Å²) in [4.78, 5) is 37.0. The average Bonchev–Trinajstić information content (AvgIpc) is 2.80. The van der Waals surface area contributed by atoms with E-state index in [1.54, 1.807) is 24.3 Å². The van der Waals surface area contributed by atoms with Gasteiger partial charge in [0.05, 0.1) is 24.5 Å². The third-order valence-electron chi connectivity index (χ3n) is 4.41. The van der Waals surface area contributed by atoms with Crippen molar-refractivity contribution in [3.8, 4) is 5.75 Å². The number of hydrogen-bond acceptors (Lipinski definition) is 4. The van der Waals surface area contributed by atoms with Crippen LogP contribution < -0.4 is 10.2 Å². The molecule has 1 aliphatic carbocycles. The van der Waals surface area contributed by atoms with E-state index in [1.165, 1.54) is 7.11 Å². The molecule has 1 aliphatic heterocycles. The number of ether oxygens (including phenoxy) is 1. The number of nitrogens with one attached hydrogen (secondary N) is 1. The molecular formula is C16H18N2O4. The van der Waals surface area contributed by atoms with E-state index in [9.17, 15) is 14.4 Å². The minimum Gasteiger partial charge on any atom is -0.496 e. The number of rotatable bonds is 3. The molecule has 22 heavy (non-hydrogen) atoms. The molecule has 6 heteroatoms. The maximum atomic E-state index is 12.3. The van der Waals surface area contributed by atoms with Gasteiger partial charge in [0.15, 0.2) is 0 Å². The van der Waals surface area contributed by atoms with Gasteiger partial charge in [0, 0.05) is 0 Å². The first-order chi connectivity index (χ1) is 10.6. The number of imide groups is 1. The molecule has 3 amide bonds. The van der Waals surface area contributed by atoms with E-state index >= 15 is 0 Å². The Labute approximate surface area is 128 Å². The predicted molar refractivity (Wildman–Crippen MR) is 77.8 cm³/mol. The van der Waals surface area contributed by atoms with Crippen LogP contribution in [-0.2, 0) is 9.59 Å². The fourth-order valence-electron chi connectivity index (χ4n) is 3.27. The van der Waals surface area contributed by atoms with Crippen LogP contribution in [0.25, 0.3) is 0 Å². The molecule has 0 unspecified atom stereocenters. The minimum atomic E-state index is -0.516. The topological polar surface area (TPSA) is 75.7 Å². The van der Waals surface area contributed by atoms with Crippen molar-refractivity contribution in [3.05, 3.63) is 29.8 Å². The van der Waals surface area contributed by atoms with Crippen LogP contribution >= 0.6 is 0 Å². The summed E-state index contributed by atoms with van der Waals surface area (Å²) < 4.78 is 5.13. The summed E-state index contributed by atoms with van der Waals surface area (Å²) in [6.45, 7) is 0. The molecule has 1 heterocycles. The monoisotopic (exact) mass is 302 g/mol. The van der Waals surface area contributed by atoms with Crippen LogP contribution in [0.4, 0.5) is 0 Å². The Hall–Kier alpha value is -2.37. The van der Waals surface area contributed by atoms with E-state index < -0.39 is 5.91 Å². The number of nitrogens with zero attached hydrogens (tertiary/aromatic N) is 1. The lowest BCUT2D eigenvalue weighted by Gasteiger charge is -2.19. The Balaban J connectivity index is 1.79. The van der Waals surface area contributed by atoms with Crippen LogP contribution in [0.2, 0.25) is 0 Å². The highest BCUT2D eigenvalue weighted by Gasteiger charge is 2.49. The van der Waals surface area contributed by atoms with E-state index in [0.29, 0.717) is 11.3 Å². The number of carbonyl (C=O) groups excluding carboxylic acids is 3. The summed E-state index contributed by atoms with van der Waals surface area (Å²) in [5.74, 6) is -1.26. The summed E-state index contributed by atoms with van der Waals surface area (Å²) in [6, 6.07) is 6.69. The van der Waals surface area contributed by atoms with Crippen molar-refractivity contribution in [3.63, 3.8) is 0 Å². The van der Waals surface area contributed by atoms with Crippen molar-refractivity contribution in [1.29, 1.82) is 0 Å². The van der Waals surface area contributed by atoms with Crippen LogP contribution in [0.15, 0.2) is 24.3 Å². The molecule has 1 saturated carbocycles. The normalized spacial score (nSPS) is 24.1. The van der Waals surface area contributed by atoms with Gasteiger partial charge >= 0.3 is 0 Å². The third kappa shape index (κ3) is 2.34. The van der Waals surface area contributed by atoms with Crippen LogP contribution in [0.1, 0.15) is 36.0 Å². The summed E-state index contributed by atoms with van der Waals surface area (Å²) in [7, 11) is 1.47. The molecule has 1 aromatic carbocycles. The van der Waals surface area contributed by atoms with Gasteiger partial charge in [-0.05, 0) is 25.0 Å². The second-order valence-electron chi connectivity index (χ2n) is 5.65. The number of methoxy groups -OCH3 is 1. The zero-order chi connectivity index (χ0) is 15.7. The fourth-order valence-corrected chi connectivity index (χ4v) is 3.27. The lowest BCUT2D eigenvalue weighted by Crippen LogP contribution is -2.46. The number of carbonyl (C=O) groups is 3. The maximum absolute atomic E-state index is 12.3. The highest BCUT2D eigenvalue weighted by Crippen LogP contribution is 2.37. The van der Waals surface area contributed by atoms with Crippen LogP contribution in [0.3, 0.4) is 0 Å². The molecule has 116 valence electrons. The molecule has 0 bridgehead atoms. The molecule has 1 saturated heterocycles. The largest absolute Gasteiger partial charge is 0.496 e. The van der Waals surface area contributed by atoms with Gasteiger partial charge in [-0.15, -0.1) is 0 Å². The van der Waals surface area contributed by atoms with E-state index in [-0.39, 0.29) is 23.7 Å². The number of para-hydroxylation sites is 1. The quantitative estimate of drug-likeness (QED) is 0.859. The number of hydrazine groups is 1. The summed E-state index contributed by atoms with van der Waals surface area (Å²) in [5.41, 5.74) is 2.73. The highest BCUT2D eigenvalue weighted by atomic mass is 16.5. The van der Waals surface area contributed by atoms with E-state index in [2.05, 4.69) is 5.43 Å². The molecule has 1 N–H and O–H groups in total. The Morgan fingerprint density at radius 3 is 2.32 bits per heavy atom. The molecule has 0 aromatic heterocycles. The van der Waals surface area contributed by atoms with Crippen LogP contribution in [0, 0.1) is 11.8 Å². The first-order valence-corrected chi connectivity index (χ1v) is 7.45. The smallest absolute Gasteiger partial charge is 0.274 e. The number of benzene rings is 1. The highest BCUT2D eigenvalue weighted by molar-refractivity contribution is 6.08. The molecule has 2 aliphatic rings. The number of hydrogen-bond donors (Lipinski definition) is 1. The summed E-state index contributed by atoms with van der Waals surface area (Å²) in [5, 5.41) is 0.898. The lowest BCUT2D eigenvalue weighted by molar-refractivity contribution is -0.142. The van der Waals surface area contributed by atoms with Gasteiger partial charge in [-0.1, -0.05) is 25.0 Å². The van der Waals surface area contributed by atoms with Crippen molar-refractivity contribution in [2.75, 3.05) is 7.11 Å². The number of amides is 3. The van der Waals surface area contributed by atoms with Gasteiger partial charge in [-0.25, -0.2) is 0 Å². The van der Waals surface area contributed by atoms with Gasteiger partial charge in [0.2, 0.25) is 0 Å². The van der Waals surface area contributed by atoms with Gasteiger partial charge in [0.25, 0.3) is 17.7 Å². The standard InChI is InChI=1S/C16H18N2O4/c1-22-13-9-5-4-8-12(13)14(19)17-18-15(20)10-6-2-3-7-11(10)16(18)21/h4-5,8-11H,2-3,6-7H2,1H3,(H,17,19)/t10-,11+. The predicted octanol–water partition coefficient (Wildman–Crippen LogP) is 1.52. The van der Waals surface area contributed by atoms with Crippen molar-refractivity contribution < 1.29 is 19.1 Å². The SMILES string of the molecule is COc1ccccc1C(=O)NN1C(=O)[C@H]2CCCC[C@H]2C1=O. The van der Waals surface area contributed by atoms with E-state index in [0.717, 1.165) is 30.7 Å². The van der Waals surface area contributed by atoms with Crippen molar-refractivity contribution in [2.45, 2.75) is 25.7 Å². The van der Waals surface area contributed by atoms with E-state index in [1.807, 2.05) is 0 Å².